The van der Waals surface area contributed by atoms with E-state index in [2.05, 4.69) is 5.32 Å². The summed E-state index contributed by atoms with van der Waals surface area (Å²) in [6.45, 7) is 0.548. The molecule has 2 saturated carbocycles. The van der Waals surface area contributed by atoms with Crippen LogP contribution in [0.25, 0.3) is 0 Å². The smallest absolute Gasteiger partial charge is 0.251 e. The summed E-state index contributed by atoms with van der Waals surface area (Å²) < 4.78 is 10.7. The Morgan fingerprint density at radius 2 is 1.73 bits per heavy atom. The second kappa shape index (κ2) is 8.78. The summed E-state index contributed by atoms with van der Waals surface area (Å²) >= 11 is 0. The van der Waals surface area contributed by atoms with E-state index in [-0.39, 0.29) is 18.2 Å². The minimum Gasteiger partial charge on any atom is -0.497 e. The number of hydrogen-bond donors (Lipinski definition) is 1. The maximum atomic E-state index is 13.1. The van der Waals surface area contributed by atoms with Crippen molar-refractivity contribution in [3.05, 3.63) is 59.2 Å². The minimum atomic E-state index is -0.0224. The fraction of sp³-hybridized carbons (Fsp3) is 0.417. The lowest BCUT2D eigenvalue weighted by Crippen LogP contribution is -2.34. The van der Waals surface area contributed by atoms with Gasteiger partial charge in [0.15, 0.2) is 0 Å². The molecule has 1 N–H and O–H groups in total. The topological polar surface area (TPSA) is 67.9 Å². The van der Waals surface area contributed by atoms with Crippen LogP contribution in [0, 0.1) is 0 Å². The number of carbonyl (C=O) groups is 2. The Kier molecular flexibility index (Phi) is 5.93. The maximum absolute atomic E-state index is 13.1. The van der Waals surface area contributed by atoms with Gasteiger partial charge in [-0.1, -0.05) is 18.2 Å². The highest BCUT2D eigenvalue weighted by molar-refractivity contribution is 5.94. The molecular weight excluding hydrogens is 380 g/mol. The number of nitrogens with one attached hydrogen (secondary N) is 1. The van der Waals surface area contributed by atoms with Gasteiger partial charge in [0, 0.05) is 35.8 Å². The van der Waals surface area contributed by atoms with Crippen LogP contribution in [-0.4, -0.2) is 43.0 Å². The fourth-order valence-corrected chi connectivity index (χ4v) is 3.52. The van der Waals surface area contributed by atoms with Gasteiger partial charge < -0.3 is 19.7 Å². The third kappa shape index (κ3) is 4.93. The lowest BCUT2D eigenvalue weighted by Gasteiger charge is -2.23. The van der Waals surface area contributed by atoms with Gasteiger partial charge in [-0.25, -0.2) is 0 Å². The molecule has 0 spiro atoms. The van der Waals surface area contributed by atoms with E-state index in [1.807, 2.05) is 41.3 Å². The van der Waals surface area contributed by atoms with Crippen LogP contribution in [0.4, 0.5) is 0 Å². The lowest BCUT2D eigenvalue weighted by molar-refractivity contribution is -0.131. The molecule has 2 aromatic rings. The number of rotatable bonds is 9. The van der Waals surface area contributed by atoms with Crippen molar-refractivity contribution in [3.8, 4) is 11.5 Å². The molecule has 6 heteroatoms. The second-order valence-electron chi connectivity index (χ2n) is 8.05. The van der Waals surface area contributed by atoms with Gasteiger partial charge >= 0.3 is 0 Å². The van der Waals surface area contributed by atoms with Crippen molar-refractivity contribution in [2.45, 2.75) is 50.7 Å². The summed E-state index contributed by atoms with van der Waals surface area (Å²) in [5, 5.41) is 3.00. The van der Waals surface area contributed by atoms with Crippen molar-refractivity contribution in [1.82, 2.24) is 10.2 Å². The van der Waals surface area contributed by atoms with Crippen molar-refractivity contribution in [2.24, 2.45) is 0 Å². The molecule has 0 bridgehead atoms. The molecule has 158 valence electrons. The Bertz CT molecular complexity index is 917. The van der Waals surface area contributed by atoms with E-state index in [4.69, 9.17) is 9.47 Å². The maximum Gasteiger partial charge on any atom is 0.251 e. The Balaban J connectivity index is 1.42. The molecule has 0 aliphatic heterocycles. The third-order valence-corrected chi connectivity index (χ3v) is 5.63. The summed E-state index contributed by atoms with van der Waals surface area (Å²) in [6.07, 6.45) is 4.49. The molecule has 0 radical (unpaired) electrons. The summed E-state index contributed by atoms with van der Waals surface area (Å²) in [5.74, 6) is 1.42. The monoisotopic (exact) mass is 408 g/mol. The zero-order chi connectivity index (χ0) is 21.1. The summed E-state index contributed by atoms with van der Waals surface area (Å²) in [5.41, 5.74) is 2.54. The molecule has 0 unspecified atom stereocenters. The number of benzene rings is 2. The van der Waals surface area contributed by atoms with Crippen molar-refractivity contribution in [3.63, 3.8) is 0 Å². The van der Waals surface area contributed by atoms with Crippen molar-refractivity contribution in [2.75, 3.05) is 14.2 Å². The summed E-state index contributed by atoms with van der Waals surface area (Å²) in [6, 6.07) is 13.7. The number of ether oxygens (including phenoxy) is 2. The van der Waals surface area contributed by atoms with Crippen LogP contribution in [0.5, 0.6) is 11.5 Å². The lowest BCUT2D eigenvalue weighted by atomic mass is 10.1. The summed E-state index contributed by atoms with van der Waals surface area (Å²) in [4.78, 5) is 27.2. The predicted molar refractivity (Wildman–Crippen MR) is 114 cm³/mol. The first-order chi connectivity index (χ1) is 14.6. The minimum absolute atomic E-state index is 0.0224. The molecule has 2 amide bonds. The van der Waals surface area contributed by atoms with Gasteiger partial charge in [0.2, 0.25) is 5.91 Å². The fourth-order valence-electron chi connectivity index (χ4n) is 3.52. The van der Waals surface area contributed by atoms with E-state index in [9.17, 15) is 9.59 Å². The Morgan fingerprint density at radius 1 is 1.00 bits per heavy atom. The number of nitrogens with zero attached hydrogens (tertiary/aromatic N) is 1. The number of hydrogen-bond acceptors (Lipinski definition) is 4. The van der Waals surface area contributed by atoms with E-state index >= 15 is 0 Å². The molecular formula is C24H28N2O4. The van der Waals surface area contributed by atoms with Crippen LogP contribution in [-0.2, 0) is 17.8 Å². The second-order valence-corrected chi connectivity index (χ2v) is 8.05. The molecule has 0 heterocycles. The summed E-state index contributed by atoms with van der Waals surface area (Å²) in [7, 11) is 3.21. The van der Waals surface area contributed by atoms with E-state index in [1.165, 1.54) is 0 Å². The number of methoxy groups -OCH3 is 2. The van der Waals surface area contributed by atoms with E-state index < -0.39 is 0 Å². The molecule has 2 fully saturated rings. The van der Waals surface area contributed by atoms with Gasteiger partial charge in [-0.2, -0.15) is 0 Å². The van der Waals surface area contributed by atoms with Crippen molar-refractivity contribution >= 4 is 11.8 Å². The molecule has 2 aromatic carbocycles. The highest BCUT2D eigenvalue weighted by Gasteiger charge is 2.33. The number of carbonyl (C=O) groups excluding carboxylic acids is 2. The normalized spacial score (nSPS) is 15.4. The van der Waals surface area contributed by atoms with E-state index in [0.29, 0.717) is 35.7 Å². The number of amides is 2. The quantitative estimate of drug-likeness (QED) is 0.691. The highest BCUT2D eigenvalue weighted by atomic mass is 16.5. The van der Waals surface area contributed by atoms with Crippen LogP contribution in [0.15, 0.2) is 42.5 Å². The van der Waals surface area contributed by atoms with Crippen LogP contribution in [0.1, 0.15) is 47.2 Å². The van der Waals surface area contributed by atoms with Gasteiger partial charge in [-0.3, -0.25) is 9.59 Å². The Hall–Kier alpha value is -3.02. The van der Waals surface area contributed by atoms with Crippen LogP contribution in [0.2, 0.25) is 0 Å². The molecule has 2 aliphatic carbocycles. The molecule has 6 nitrogen and oxygen atoms in total. The predicted octanol–water partition coefficient (Wildman–Crippen LogP) is 3.33. The van der Waals surface area contributed by atoms with Crippen molar-refractivity contribution < 1.29 is 19.1 Å². The molecule has 2 aliphatic rings. The first-order valence-corrected chi connectivity index (χ1v) is 10.5. The average molecular weight is 408 g/mol. The van der Waals surface area contributed by atoms with Crippen LogP contribution >= 0.6 is 0 Å². The van der Waals surface area contributed by atoms with Gasteiger partial charge in [-0.05, 0) is 49.4 Å². The standard InChI is InChI=1S/C24H28N2O4/c1-29-21-12-7-18(22(14-21)30-2)13-23(27)26(20-10-11-20)15-16-3-5-17(6-4-16)24(28)25-19-8-9-19/h3-7,12,14,19-20H,8-11,13,15H2,1-2H3,(H,25,28). The van der Waals surface area contributed by atoms with Gasteiger partial charge in [-0.15, -0.1) is 0 Å². The van der Waals surface area contributed by atoms with Gasteiger partial charge in [0.1, 0.15) is 11.5 Å². The molecule has 4 rings (SSSR count). The molecule has 0 aromatic heterocycles. The van der Waals surface area contributed by atoms with Crippen LogP contribution in [0.3, 0.4) is 0 Å². The zero-order valence-electron chi connectivity index (χ0n) is 17.5. The largest absolute Gasteiger partial charge is 0.497 e. The Morgan fingerprint density at radius 3 is 2.33 bits per heavy atom. The SMILES string of the molecule is COc1ccc(CC(=O)N(Cc2ccc(C(=O)NC3CC3)cc2)C2CC2)c(OC)c1. The Labute approximate surface area is 177 Å². The van der Waals surface area contributed by atoms with E-state index in [0.717, 1.165) is 36.8 Å². The average Bonchev–Trinajstić information content (AvgIpc) is 3.67. The van der Waals surface area contributed by atoms with E-state index in [1.54, 1.807) is 20.3 Å². The third-order valence-electron chi connectivity index (χ3n) is 5.63. The molecule has 0 atom stereocenters. The first kappa shape index (κ1) is 20.3. The molecule has 0 saturated heterocycles. The van der Waals surface area contributed by atoms with Crippen molar-refractivity contribution in [1.29, 1.82) is 0 Å². The first-order valence-electron chi connectivity index (χ1n) is 10.5. The van der Waals surface area contributed by atoms with Gasteiger partial charge in [0.25, 0.3) is 5.91 Å². The highest BCUT2D eigenvalue weighted by Crippen LogP contribution is 2.31. The zero-order valence-corrected chi connectivity index (χ0v) is 17.5. The molecule has 30 heavy (non-hydrogen) atoms. The van der Waals surface area contributed by atoms with Crippen LogP contribution < -0.4 is 14.8 Å². The van der Waals surface area contributed by atoms with Gasteiger partial charge in [0.05, 0.1) is 20.6 Å².